The van der Waals surface area contributed by atoms with E-state index >= 15 is 0 Å². The summed E-state index contributed by atoms with van der Waals surface area (Å²) in [4.78, 5) is 39.0. The first-order chi connectivity index (χ1) is 22.1. The fraction of sp³-hybridized carbons (Fsp3) is 0.237. The first kappa shape index (κ1) is 32.2. The van der Waals surface area contributed by atoms with E-state index in [9.17, 15) is 14.4 Å². The first-order valence-corrected chi connectivity index (χ1v) is 15.2. The molecule has 2 N–H and O–H groups in total. The Morgan fingerprint density at radius 1 is 0.783 bits per heavy atom. The lowest BCUT2D eigenvalue weighted by molar-refractivity contribution is -0.121. The molecule has 0 saturated heterocycles. The van der Waals surface area contributed by atoms with E-state index < -0.39 is 29.6 Å². The molecule has 5 rings (SSSR count). The van der Waals surface area contributed by atoms with Crippen LogP contribution in [0.2, 0.25) is 0 Å². The molecule has 0 bridgehead atoms. The molecule has 0 radical (unpaired) electrons. The number of hydrogen-bond acceptors (Lipinski definition) is 6. The summed E-state index contributed by atoms with van der Waals surface area (Å²) >= 11 is 0. The normalized spacial score (nSPS) is 13.0. The summed E-state index contributed by atoms with van der Waals surface area (Å²) in [5, 5.41) is 5.65. The smallest absolute Gasteiger partial charge is 0.407 e. The Morgan fingerprint density at radius 2 is 1.35 bits per heavy atom. The van der Waals surface area contributed by atoms with E-state index in [2.05, 4.69) is 34.9 Å². The van der Waals surface area contributed by atoms with Crippen LogP contribution in [0.25, 0.3) is 23.3 Å². The fourth-order valence-corrected chi connectivity index (χ4v) is 5.39. The lowest BCUT2D eigenvalue weighted by Crippen LogP contribution is -2.48. The average Bonchev–Trinajstić information content (AvgIpc) is 3.38. The number of methoxy groups -OCH3 is 1. The van der Waals surface area contributed by atoms with Gasteiger partial charge in [0.2, 0.25) is 5.91 Å². The third-order valence-corrected chi connectivity index (χ3v) is 7.66. The predicted molar refractivity (Wildman–Crippen MR) is 179 cm³/mol. The first-order valence-electron chi connectivity index (χ1n) is 15.2. The van der Waals surface area contributed by atoms with Crippen molar-refractivity contribution in [3.63, 3.8) is 0 Å². The molecule has 0 aromatic heterocycles. The summed E-state index contributed by atoms with van der Waals surface area (Å²) in [7, 11) is 1.34. The highest BCUT2D eigenvalue weighted by Gasteiger charge is 2.30. The number of amides is 2. The second kappa shape index (κ2) is 14.3. The van der Waals surface area contributed by atoms with Gasteiger partial charge in [-0.2, -0.15) is 0 Å². The molecule has 0 saturated carbocycles. The highest BCUT2D eigenvalue weighted by molar-refractivity contribution is 5.99. The van der Waals surface area contributed by atoms with Crippen molar-refractivity contribution < 1.29 is 28.6 Å². The minimum Gasteiger partial charge on any atom is -0.465 e. The number of carbonyl (C=O) groups is 3. The molecule has 1 atom stereocenters. The van der Waals surface area contributed by atoms with E-state index in [0.29, 0.717) is 22.4 Å². The maximum Gasteiger partial charge on any atom is 0.407 e. The Labute approximate surface area is 269 Å². The molecule has 8 heteroatoms. The molecule has 8 nitrogen and oxygen atoms in total. The highest BCUT2D eigenvalue weighted by atomic mass is 16.6. The minimum atomic E-state index is -1.04. The van der Waals surface area contributed by atoms with Crippen LogP contribution in [-0.2, 0) is 19.0 Å². The summed E-state index contributed by atoms with van der Waals surface area (Å²) in [6, 6.07) is 29.5. The zero-order valence-corrected chi connectivity index (χ0v) is 26.4. The van der Waals surface area contributed by atoms with Gasteiger partial charge in [-0.15, -0.1) is 0 Å². The number of benzene rings is 4. The number of hydrogen-bond donors (Lipinski definition) is 2. The standard InChI is InChI=1S/C38H38N2O6/c1-38(2,3)46-24-34(40-37(43)45-23-32-30-18-10-8-16-28(30)29-17-9-11-19-31(29)32)35(41)39-33-20-12-6-14-26(33)22-21-25-13-5-7-15-27(25)36(42)44-4/h5-22,32,34H,23-24H2,1-4H3,(H,39,41)(H,40,43)/b22-21-/t34-/m0/s1. The number of nitrogens with one attached hydrogen (secondary N) is 2. The van der Waals surface area contributed by atoms with E-state index in [0.717, 1.165) is 22.3 Å². The Balaban J connectivity index is 1.30. The van der Waals surface area contributed by atoms with E-state index in [4.69, 9.17) is 14.2 Å². The molecule has 0 fully saturated rings. The predicted octanol–water partition coefficient (Wildman–Crippen LogP) is 7.30. The number of fused-ring (bicyclic) bond motifs is 3. The van der Waals surface area contributed by atoms with Gasteiger partial charge in [0.1, 0.15) is 12.6 Å². The van der Waals surface area contributed by atoms with Gasteiger partial charge < -0.3 is 24.8 Å². The van der Waals surface area contributed by atoms with Crippen LogP contribution < -0.4 is 10.6 Å². The fourth-order valence-electron chi connectivity index (χ4n) is 5.39. The quantitative estimate of drug-likeness (QED) is 0.143. The zero-order valence-electron chi connectivity index (χ0n) is 26.4. The number of esters is 1. The van der Waals surface area contributed by atoms with Crippen molar-refractivity contribution in [3.8, 4) is 11.1 Å². The number of anilines is 1. The number of rotatable bonds is 10. The molecule has 0 aliphatic heterocycles. The molecule has 0 unspecified atom stereocenters. The topological polar surface area (TPSA) is 103 Å². The van der Waals surface area contributed by atoms with E-state index in [-0.39, 0.29) is 19.1 Å². The summed E-state index contributed by atoms with van der Waals surface area (Å²) in [5.74, 6) is -1.02. The van der Waals surface area contributed by atoms with Gasteiger partial charge in [-0.1, -0.05) is 97.1 Å². The van der Waals surface area contributed by atoms with Crippen LogP contribution >= 0.6 is 0 Å². The monoisotopic (exact) mass is 618 g/mol. The van der Waals surface area contributed by atoms with Crippen LogP contribution in [0, 0.1) is 0 Å². The van der Waals surface area contributed by atoms with E-state index in [1.54, 1.807) is 36.4 Å². The second-order valence-electron chi connectivity index (χ2n) is 11.9. The SMILES string of the molecule is COC(=O)c1ccccc1/C=C\c1ccccc1NC(=O)[C@H](COC(C)(C)C)NC(=O)OCC1c2ccccc2-c2ccccc21. The minimum absolute atomic E-state index is 0.0654. The van der Waals surface area contributed by atoms with Gasteiger partial charge in [0.15, 0.2) is 0 Å². The molecule has 1 aliphatic rings. The lowest BCUT2D eigenvalue weighted by atomic mass is 9.98. The van der Waals surface area contributed by atoms with Crippen LogP contribution in [0.1, 0.15) is 59.3 Å². The maximum atomic E-state index is 13.6. The summed E-state index contributed by atoms with van der Waals surface area (Å²) in [6.45, 7) is 5.68. The van der Waals surface area contributed by atoms with Crippen molar-refractivity contribution in [2.24, 2.45) is 0 Å². The molecule has 0 heterocycles. The Kier molecular flexibility index (Phi) is 9.98. The molecule has 4 aromatic carbocycles. The molecular formula is C38H38N2O6. The summed E-state index contributed by atoms with van der Waals surface area (Å²) in [6.07, 6.45) is 2.87. The van der Waals surface area contributed by atoms with E-state index in [1.807, 2.05) is 69.3 Å². The van der Waals surface area contributed by atoms with Crippen LogP contribution in [0.3, 0.4) is 0 Å². The number of para-hydroxylation sites is 1. The summed E-state index contributed by atoms with van der Waals surface area (Å²) in [5.41, 5.74) is 6.23. The Hall–Kier alpha value is -5.21. The third kappa shape index (κ3) is 7.71. The average molecular weight is 619 g/mol. The molecular weight excluding hydrogens is 580 g/mol. The van der Waals surface area contributed by atoms with Crippen molar-refractivity contribution in [1.29, 1.82) is 0 Å². The van der Waals surface area contributed by atoms with Crippen molar-refractivity contribution in [2.45, 2.75) is 38.3 Å². The van der Waals surface area contributed by atoms with Crippen LogP contribution in [0.15, 0.2) is 97.1 Å². The third-order valence-electron chi connectivity index (χ3n) is 7.66. The van der Waals surface area contributed by atoms with Gasteiger partial charge in [-0.05, 0) is 66.3 Å². The van der Waals surface area contributed by atoms with Crippen molar-refractivity contribution >= 4 is 35.8 Å². The molecule has 0 spiro atoms. The van der Waals surface area contributed by atoms with Gasteiger partial charge >= 0.3 is 12.1 Å². The van der Waals surface area contributed by atoms with Crippen molar-refractivity contribution in [3.05, 3.63) is 125 Å². The van der Waals surface area contributed by atoms with Crippen molar-refractivity contribution in [1.82, 2.24) is 5.32 Å². The van der Waals surface area contributed by atoms with Crippen molar-refractivity contribution in [2.75, 3.05) is 25.6 Å². The van der Waals surface area contributed by atoms with E-state index in [1.165, 1.54) is 7.11 Å². The van der Waals surface area contributed by atoms with Gasteiger partial charge in [0.25, 0.3) is 0 Å². The largest absolute Gasteiger partial charge is 0.465 e. The van der Waals surface area contributed by atoms with Gasteiger partial charge in [-0.3, -0.25) is 4.79 Å². The van der Waals surface area contributed by atoms with Crippen LogP contribution in [-0.4, -0.2) is 49.9 Å². The Bertz CT molecular complexity index is 1710. The molecule has 1 aliphatic carbocycles. The van der Waals surface area contributed by atoms with Gasteiger partial charge in [0, 0.05) is 11.6 Å². The molecule has 236 valence electrons. The van der Waals surface area contributed by atoms with Crippen LogP contribution in [0.4, 0.5) is 10.5 Å². The van der Waals surface area contributed by atoms with Crippen LogP contribution in [0.5, 0.6) is 0 Å². The zero-order chi connectivity index (χ0) is 32.7. The molecule has 4 aromatic rings. The maximum absolute atomic E-state index is 13.6. The Morgan fingerprint density at radius 3 is 2.00 bits per heavy atom. The second-order valence-corrected chi connectivity index (χ2v) is 11.9. The van der Waals surface area contributed by atoms with Gasteiger partial charge in [-0.25, -0.2) is 9.59 Å². The molecule has 46 heavy (non-hydrogen) atoms. The summed E-state index contributed by atoms with van der Waals surface area (Å²) < 4.78 is 16.5. The highest BCUT2D eigenvalue weighted by Crippen LogP contribution is 2.44. The van der Waals surface area contributed by atoms with Gasteiger partial charge in [0.05, 0.1) is 24.9 Å². The lowest BCUT2D eigenvalue weighted by Gasteiger charge is -2.25. The number of ether oxygens (including phenoxy) is 3. The molecule has 2 amide bonds. The number of alkyl carbamates (subject to hydrolysis) is 1. The number of carbonyl (C=O) groups excluding carboxylic acids is 3.